The number of hydrogen-bond donors (Lipinski definition) is 1. The summed E-state index contributed by atoms with van der Waals surface area (Å²) in [6, 6.07) is 0. The number of ether oxygens (including phenoxy) is 1. The van der Waals surface area contributed by atoms with Crippen LogP contribution in [0.25, 0.3) is 0 Å². The summed E-state index contributed by atoms with van der Waals surface area (Å²) in [5, 5.41) is 9.09. The van der Waals surface area contributed by atoms with Gasteiger partial charge in [-0.1, -0.05) is 0 Å². The van der Waals surface area contributed by atoms with Gasteiger partial charge in [-0.25, -0.2) is 0 Å². The summed E-state index contributed by atoms with van der Waals surface area (Å²) >= 11 is 3.24. The van der Waals surface area contributed by atoms with E-state index in [-0.39, 0.29) is 0 Å². The summed E-state index contributed by atoms with van der Waals surface area (Å²) in [6.07, 6.45) is 0.779. The van der Waals surface area contributed by atoms with Crippen molar-refractivity contribution in [1.82, 2.24) is 0 Å². The van der Waals surface area contributed by atoms with E-state index in [9.17, 15) is 4.79 Å². The summed E-state index contributed by atoms with van der Waals surface area (Å²) in [6.45, 7) is 0.629. The van der Waals surface area contributed by atoms with Crippen molar-refractivity contribution in [2.75, 3.05) is 31.0 Å². The highest BCUT2D eigenvalue weighted by atomic mass is 32.2. The summed E-state index contributed by atoms with van der Waals surface area (Å²) < 4.78 is 4.37. The van der Waals surface area contributed by atoms with E-state index >= 15 is 0 Å². The second-order valence-electron chi connectivity index (χ2n) is 2.94. The SMILES string of the molecule is COCCSC1(C(=O)O)CCSC1. The van der Waals surface area contributed by atoms with Crippen LogP contribution in [-0.4, -0.2) is 46.8 Å². The molecule has 0 aromatic carbocycles. The normalized spacial score (nSPS) is 27.8. The van der Waals surface area contributed by atoms with E-state index in [1.54, 1.807) is 18.9 Å². The zero-order valence-electron chi connectivity index (χ0n) is 7.62. The summed E-state index contributed by atoms with van der Waals surface area (Å²) in [4.78, 5) is 11.0. The monoisotopic (exact) mass is 222 g/mol. The van der Waals surface area contributed by atoms with E-state index in [0.29, 0.717) is 6.61 Å². The van der Waals surface area contributed by atoms with Crippen LogP contribution in [0.15, 0.2) is 0 Å². The molecule has 1 rings (SSSR count). The van der Waals surface area contributed by atoms with Gasteiger partial charge in [-0.15, -0.1) is 11.8 Å². The van der Waals surface area contributed by atoms with Crippen molar-refractivity contribution in [3.05, 3.63) is 0 Å². The number of methoxy groups -OCH3 is 1. The Bertz CT molecular complexity index is 178. The molecule has 1 fully saturated rings. The number of aliphatic carboxylic acids is 1. The number of hydrogen-bond acceptors (Lipinski definition) is 4. The van der Waals surface area contributed by atoms with Gasteiger partial charge in [-0.2, -0.15) is 11.8 Å². The molecule has 0 radical (unpaired) electrons. The molecule has 13 heavy (non-hydrogen) atoms. The lowest BCUT2D eigenvalue weighted by atomic mass is 10.1. The smallest absolute Gasteiger partial charge is 0.320 e. The van der Waals surface area contributed by atoms with Crippen molar-refractivity contribution in [1.29, 1.82) is 0 Å². The van der Waals surface area contributed by atoms with E-state index in [1.165, 1.54) is 11.8 Å². The number of rotatable bonds is 5. The summed E-state index contributed by atoms with van der Waals surface area (Å²) in [5.74, 6) is 1.80. The van der Waals surface area contributed by atoms with Crippen LogP contribution in [0.3, 0.4) is 0 Å². The highest BCUT2D eigenvalue weighted by Crippen LogP contribution is 2.39. The molecular formula is C8H14O3S2. The predicted molar refractivity (Wildman–Crippen MR) is 56.6 cm³/mol. The van der Waals surface area contributed by atoms with Gasteiger partial charge in [-0.3, -0.25) is 4.79 Å². The Balaban J connectivity index is 2.43. The van der Waals surface area contributed by atoms with Crippen LogP contribution >= 0.6 is 23.5 Å². The van der Waals surface area contributed by atoms with Crippen LogP contribution in [0.4, 0.5) is 0 Å². The summed E-state index contributed by atoms with van der Waals surface area (Å²) in [7, 11) is 1.64. The molecule has 0 saturated carbocycles. The van der Waals surface area contributed by atoms with E-state index < -0.39 is 10.7 Å². The van der Waals surface area contributed by atoms with Gasteiger partial charge in [0.2, 0.25) is 0 Å². The molecule has 1 aliphatic heterocycles. The van der Waals surface area contributed by atoms with Gasteiger partial charge in [-0.05, 0) is 12.2 Å². The highest BCUT2D eigenvalue weighted by Gasteiger charge is 2.42. The average molecular weight is 222 g/mol. The molecule has 5 heteroatoms. The number of carboxylic acid groups (broad SMARTS) is 1. The molecule has 1 saturated heterocycles. The lowest BCUT2D eigenvalue weighted by Gasteiger charge is -2.21. The molecule has 0 spiro atoms. The number of thioether (sulfide) groups is 2. The van der Waals surface area contributed by atoms with Crippen LogP contribution in [-0.2, 0) is 9.53 Å². The van der Waals surface area contributed by atoms with Crippen molar-refractivity contribution in [2.45, 2.75) is 11.2 Å². The Kier molecular flexibility index (Phi) is 4.41. The topological polar surface area (TPSA) is 46.5 Å². The first-order valence-corrected chi connectivity index (χ1v) is 6.29. The molecule has 76 valence electrons. The van der Waals surface area contributed by atoms with E-state index in [2.05, 4.69) is 0 Å². The van der Waals surface area contributed by atoms with Gasteiger partial charge >= 0.3 is 5.97 Å². The first kappa shape index (κ1) is 11.2. The third kappa shape index (κ3) is 2.79. The lowest BCUT2D eigenvalue weighted by molar-refractivity contribution is -0.139. The Hall–Kier alpha value is 0.130. The predicted octanol–water partition coefficient (Wildman–Crippen LogP) is 1.33. The fourth-order valence-corrected chi connectivity index (χ4v) is 4.17. The quantitative estimate of drug-likeness (QED) is 0.711. The minimum absolute atomic E-state index is 0.538. The van der Waals surface area contributed by atoms with Crippen molar-refractivity contribution in [3.63, 3.8) is 0 Å². The maximum absolute atomic E-state index is 11.0. The fourth-order valence-electron chi connectivity index (χ4n) is 1.21. The minimum atomic E-state index is -0.668. The molecule has 0 aromatic rings. The largest absolute Gasteiger partial charge is 0.480 e. The molecule has 1 aliphatic rings. The van der Waals surface area contributed by atoms with Crippen LogP contribution < -0.4 is 0 Å². The maximum Gasteiger partial charge on any atom is 0.320 e. The molecule has 0 aromatic heterocycles. The van der Waals surface area contributed by atoms with Crippen LogP contribution in [0.5, 0.6) is 0 Å². The molecule has 1 atom stereocenters. The number of carbonyl (C=O) groups is 1. The third-order valence-electron chi connectivity index (χ3n) is 2.04. The van der Waals surface area contributed by atoms with Crippen LogP contribution in [0.2, 0.25) is 0 Å². The van der Waals surface area contributed by atoms with Gasteiger partial charge < -0.3 is 9.84 Å². The molecule has 0 aliphatic carbocycles. The maximum atomic E-state index is 11.0. The third-order valence-corrected chi connectivity index (χ3v) is 4.86. The molecule has 1 N–H and O–H groups in total. The Morgan fingerprint density at radius 2 is 2.54 bits per heavy atom. The van der Waals surface area contributed by atoms with Crippen molar-refractivity contribution < 1.29 is 14.6 Å². The zero-order chi connectivity index (χ0) is 9.73. The summed E-state index contributed by atoms with van der Waals surface area (Å²) in [5.41, 5.74) is 0. The van der Waals surface area contributed by atoms with Gasteiger partial charge in [0, 0.05) is 18.6 Å². The first-order chi connectivity index (χ1) is 6.21. The molecule has 3 nitrogen and oxygen atoms in total. The van der Waals surface area contributed by atoms with E-state index in [1.807, 2.05) is 0 Å². The molecule has 0 amide bonds. The molecule has 0 bridgehead atoms. The standard InChI is InChI=1S/C8H14O3S2/c1-11-3-5-13-8(7(9)10)2-4-12-6-8/h2-6H2,1H3,(H,9,10). The van der Waals surface area contributed by atoms with Crippen LogP contribution in [0.1, 0.15) is 6.42 Å². The zero-order valence-corrected chi connectivity index (χ0v) is 9.25. The van der Waals surface area contributed by atoms with Crippen LogP contribution in [0, 0.1) is 0 Å². The van der Waals surface area contributed by atoms with Gasteiger partial charge in [0.25, 0.3) is 0 Å². The Labute approximate surface area is 86.6 Å². The number of carboxylic acids is 1. The van der Waals surface area contributed by atoms with Gasteiger partial charge in [0.05, 0.1) is 6.61 Å². The fraction of sp³-hybridized carbons (Fsp3) is 0.875. The Morgan fingerprint density at radius 3 is 3.00 bits per heavy atom. The van der Waals surface area contributed by atoms with Crippen molar-refractivity contribution >= 4 is 29.5 Å². The molecule has 1 heterocycles. The van der Waals surface area contributed by atoms with E-state index in [0.717, 1.165) is 23.7 Å². The van der Waals surface area contributed by atoms with Crippen molar-refractivity contribution in [3.8, 4) is 0 Å². The molecule has 1 unspecified atom stereocenters. The second kappa shape index (κ2) is 5.12. The average Bonchev–Trinajstić information content (AvgIpc) is 2.55. The second-order valence-corrected chi connectivity index (χ2v) is 5.53. The van der Waals surface area contributed by atoms with Crippen molar-refractivity contribution in [2.24, 2.45) is 0 Å². The first-order valence-electron chi connectivity index (χ1n) is 4.15. The molecular weight excluding hydrogens is 208 g/mol. The van der Waals surface area contributed by atoms with Gasteiger partial charge in [0.1, 0.15) is 4.75 Å². The minimum Gasteiger partial charge on any atom is -0.480 e. The Morgan fingerprint density at radius 1 is 1.77 bits per heavy atom. The lowest BCUT2D eigenvalue weighted by Crippen LogP contribution is -2.35. The highest BCUT2D eigenvalue weighted by molar-refractivity contribution is 8.05. The van der Waals surface area contributed by atoms with Gasteiger partial charge in [0.15, 0.2) is 0 Å². The van der Waals surface area contributed by atoms with E-state index in [4.69, 9.17) is 9.84 Å².